The maximum Gasteiger partial charge on any atom is 0.265 e. The lowest BCUT2D eigenvalue weighted by molar-refractivity contribution is 0.0792. The average molecular weight is 409 g/mol. The first-order valence-corrected chi connectivity index (χ1v) is 7.86. The quantitative estimate of drug-likeness (QED) is 0.820. The van der Waals surface area contributed by atoms with Crippen LogP contribution in [0.3, 0.4) is 0 Å². The lowest BCUT2D eigenvalue weighted by atomic mass is 10.4. The highest BCUT2D eigenvalue weighted by molar-refractivity contribution is 9.13. The Morgan fingerprint density at radius 2 is 2.37 bits per heavy atom. The molecule has 2 rings (SSSR count). The number of amides is 1. The molecule has 102 valence electrons. The van der Waals surface area contributed by atoms with E-state index in [9.17, 15) is 4.79 Å². The van der Waals surface area contributed by atoms with Gasteiger partial charge in [0, 0.05) is 11.1 Å². The van der Waals surface area contributed by atoms with Gasteiger partial charge < -0.3 is 10.1 Å². The Morgan fingerprint density at radius 1 is 1.58 bits per heavy atom. The second-order valence-corrected chi connectivity index (χ2v) is 6.80. The molecule has 0 aliphatic carbocycles. The maximum absolute atomic E-state index is 12.0. The van der Waals surface area contributed by atoms with Crippen LogP contribution in [-0.4, -0.2) is 22.3 Å². The van der Waals surface area contributed by atoms with Crippen LogP contribution in [0.25, 0.3) is 0 Å². The molecule has 0 aromatic carbocycles. The number of anilines is 1. The van der Waals surface area contributed by atoms with E-state index in [0.717, 1.165) is 8.26 Å². The third-order valence-corrected chi connectivity index (χ3v) is 5.44. The first-order chi connectivity index (χ1) is 9.10. The van der Waals surface area contributed by atoms with Gasteiger partial charge in [-0.25, -0.2) is 4.68 Å². The third-order valence-electron chi connectivity index (χ3n) is 2.19. The zero-order valence-corrected chi connectivity index (χ0v) is 14.0. The van der Waals surface area contributed by atoms with Crippen molar-refractivity contribution in [3.63, 3.8) is 0 Å². The SMILES string of the molecule is CCOCn1cc(NC(=O)c2cc(Br)c(Br)s2)cn1. The fraction of sp³-hybridized carbons (Fsp3) is 0.273. The average Bonchev–Trinajstić information content (AvgIpc) is 2.95. The molecule has 0 aliphatic heterocycles. The van der Waals surface area contributed by atoms with Crippen LogP contribution in [0.2, 0.25) is 0 Å². The Hall–Kier alpha value is -0.700. The van der Waals surface area contributed by atoms with Crippen molar-refractivity contribution in [2.75, 3.05) is 11.9 Å². The van der Waals surface area contributed by atoms with E-state index in [2.05, 4.69) is 42.3 Å². The van der Waals surface area contributed by atoms with Crippen molar-refractivity contribution < 1.29 is 9.53 Å². The van der Waals surface area contributed by atoms with E-state index < -0.39 is 0 Å². The Balaban J connectivity index is 2.00. The maximum atomic E-state index is 12.0. The molecule has 2 aromatic heterocycles. The fourth-order valence-corrected chi connectivity index (χ4v) is 3.27. The molecule has 0 bridgehead atoms. The number of thiophene rings is 1. The molecule has 0 saturated carbocycles. The summed E-state index contributed by atoms with van der Waals surface area (Å²) in [4.78, 5) is 12.6. The largest absolute Gasteiger partial charge is 0.360 e. The monoisotopic (exact) mass is 407 g/mol. The van der Waals surface area contributed by atoms with Crippen LogP contribution < -0.4 is 5.32 Å². The molecule has 1 N–H and O–H groups in total. The minimum Gasteiger partial charge on any atom is -0.360 e. The zero-order valence-electron chi connectivity index (χ0n) is 10.0. The summed E-state index contributed by atoms with van der Waals surface area (Å²) in [5.74, 6) is -0.160. The molecule has 2 heterocycles. The number of halogens is 2. The van der Waals surface area contributed by atoms with Gasteiger partial charge in [0.1, 0.15) is 6.73 Å². The number of nitrogens with zero attached hydrogens (tertiary/aromatic N) is 2. The molecule has 1 amide bonds. The van der Waals surface area contributed by atoms with E-state index in [0.29, 0.717) is 23.9 Å². The van der Waals surface area contributed by atoms with Gasteiger partial charge >= 0.3 is 0 Å². The summed E-state index contributed by atoms with van der Waals surface area (Å²) in [6, 6.07) is 1.77. The van der Waals surface area contributed by atoms with Crippen LogP contribution in [0.1, 0.15) is 16.6 Å². The Bertz CT molecular complexity index is 563. The molecule has 0 fully saturated rings. The number of rotatable bonds is 5. The first kappa shape index (κ1) is 14.7. The molecule has 0 atom stereocenters. The molecule has 0 unspecified atom stereocenters. The van der Waals surface area contributed by atoms with Crippen molar-refractivity contribution in [1.82, 2.24) is 9.78 Å². The highest BCUT2D eigenvalue weighted by Gasteiger charge is 2.12. The number of aromatic nitrogens is 2. The minimum atomic E-state index is -0.160. The van der Waals surface area contributed by atoms with Crippen LogP contribution in [0.15, 0.2) is 26.7 Å². The van der Waals surface area contributed by atoms with Crippen LogP contribution in [-0.2, 0) is 11.5 Å². The summed E-state index contributed by atoms with van der Waals surface area (Å²) in [6.07, 6.45) is 3.32. The first-order valence-electron chi connectivity index (χ1n) is 5.46. The highest BCUT2D eigenvalue weighted by Crippen LogP contribution is 2.32. The Kier molecular flexibility index (Phi) is 5.14. The van der Waals surface area contributed by atoms with E-state index in [-0.39, 0.29) is 5.91 Å². The fourth-order valence-electron chi connectivity index (χ4n) is 1.33. The van der Waals surface area contributed by atoms with Crippen molar-refractivity contribution in [1.29, 1.82) is 0 Å². The van der Waals surface area contributed by atoms with Crippen molar-refractivity contribution in [3.05, 3.63) is 31.6 Å². The van der Waals surface area contributed by atoms with Crippen LogP contribution in [0.5, 0.6) is 0 Å². The van der Waals surface area contributed by atoms with Gasteiger partial charge in [0.2, 0.25) is 0 Å². The molecule has 5 nitrogen and oxygen atoms in total. The smallest absolute Gasteiger partial charge is 0.265 e. The van der Waals surface area contributed by atoms with Crippen molar-refractivity contribution in [2.24, 2.45) is 0 Å². The summed E-state index contributed by atoms with van der Waals surface area (Å²) >= 11 is 8.08. The van der Waals surface area contributed by atoms with Crippen LogP contribution in [0.4, 0.5) is 5.69 Å². The molecule has 0 spiro atoms. The molecule has 19 heavy (non-hydrogen) atoms. The van der Waals surface area contributed by atoms with Crippen molar-refractivity contribution >= 4 is 54.8 Å². The molecule has 0 radical (unpaired) electrons. The third kappa shape index (κ3) is 3.88. The zero-order chi connectivity index (χ0) is 13.8. The number of carbonyl (C=O) groups excluding carboxylic acids is 1. The number of nitrogens with one attached hydrogen (secondary N) is 1. The lowest BCUT2D eigenvalue weighted by Crippen LogP contribution is -2.09. The van der Waals surface area contributed by atoms with E-state index in [1.165, 1.54) is 11.3 Å². The van der Waals surface area contributed by atoms with Crippen molar-refractivity contribution in [2.45, 2.75) is 13.7 Å². The predicted molar refractivity (Wildman–Crippen MR) is 81.5 cm³/mol. The van der Waals surface area contributed by atoms with Crippen LogP contribution in [0, 0.1) is 0 Å². The highest BCUT2D eigenvalue weighted by atomic mass is 79.9. The van der Waals surface area contributed by atoms with E-state index in [4.69, 9.17) is 4.74 Å². The topological polar surface area (TPSA) is 56.1 Å². The summed E-state index contributed by atoms with van der Waals surface area (Å²) in [7, 11) is 0. The second kappa shape index (κ2) is 6.65. The van der Waals surface area contributed by atoms with Gasteiger partial charge in [-0.3, -0.25) is 4.79 Å². The number of hydrogen-bond donors (Lipinski definition) is 1. The van der Waals surface area contributed by atoms with Gasteiger partial charge in [0.15, 0.2) is 0 Å². The van der Waals surface area contributed by atoms with Crippen molar-refractivity contribution in [3.8, 4) is 0 Å². The lowest BCUT2D eigenvalue weighted by Gasteiger charge is -2.00. The standard InChI is InChI=1S/C11H11Br2N3O2S/c1-2-18-6-16-5-7(4-14-16)15-11(17)9-3-8(12)10(13)19-9/h3-5H,2,6H2,1H3,(H,15,17). The molecular weight excluding hydrogens is 398 g/mol. The van der Waals surface area contributed by atoms with Crippen LogP contribution >= 0.6 is 43.2 Å². The van der Waals surface area contributed by atoms with Gasteiger partial charge in [-0.1, -0.05) is 0 Å². The van der Waals surface area contributed by atoms with Gasteiger partial charge in [-0.2, -0.15) is 5.10 Å². The normalized spacial score (nSPS) is 10.7. The van der Waals surface area contributed by atoms with E-state index in [1.807, 2.05) is 6.92 Å². The predicted octanol–water partition coefficient (Wildman–Crippen LogP) is 3.72. The Morgan fingerprint density at radius 3 is 3.00 bits per heavy atom. The second-order valence-electron chi connectivity index (χ2n) is 3.58. The molecule has 0 aliphatic rings. The molecular formula is C11H11Br2N3O2S. The van der Waals surface area contributed by atoms with Gasteiger partial charge in [-0.15, -0.1) is 11.3 Å². The number of carbonyl (C=O) groups is 1. The van der Waals surface area contributed by atoms with Gasteiger partial charge in [-0.05, 0) is 44.8 Å². The molecule has 8 heteroatoms. The Labute approximate surface area is 131 Å². The molecule has 2 aromatic rings. The van der Waals surface area contributed by atoms with Gasteiger partial charge in [0.05, 0.1) is 26.7 Å². The summed E-state index contributed by atoms with van der Waals surface area (Å²) in [6.45, 7) is 2.92. The summed E-state index contributed by atoms with van der Waals surface area (Å²) in [5, 5.41) is 6.87. The van der Waals surface area contributed by atoms with Gasteiger partial charge in [0.25, 0.3) is 5.91 Å². The minimum absolute atomic E-state index is 0.160. The van der Waals surface area contributed by atoms with E-state index >= 15 is 0 Å². The molecule has 0 saturated heterocycles. The summed E-state index contributed by atoms with van der Waals surface area (Å²) < 4.78 is 8.61. The van der Waals surface area contributed by atoms with E-state index in [1.54, 1.807) is 23.1 Å². The number of ether oxygens (including phenoxy) is 1. The summed E-state index contributed by atoms with van der Waals surface area (Å²) in [5.41, 5.74) is 0.644. The number of hydrogen-bond acceptors (Lipinski definition) is 4.